The summed E-state index contributed by atoms with van der Waals surface area (Å²) in [5, 5.41) is -1.18. The second-order valence-electron chi connectivity index (χ2n) is 7.56. The number of alkyl halides is 3. The van der Waals surface area contributed by atoms with E-state index >= 15 is 0 Å². The molecule has 1 aliphatic rings. The molecule has 152 valence electrons. The molecule has 1 fully saturated rings. The molecule has 6 heteroatoms. The standard InChI is InChI=1S/C23H20ClF3O2/c1-22(2)18(14-20(24)23(25,26)27)21(22)19(28)12-11-15-7-6-10-17(13-15)29-16-8-4-3-5-9-16/h3-14,18,21H,1-2H3. The van der Waals surface area contributed by atoms with Gasteiger partial charge < -0.3 is 4.74 Å². The van der Waals surface area contributed by atoms with Crippen molar-refractivity contribution in [2.45, 2.75) is 20.0 Å². The number of allylic oxidation sites excluding steroid dienone is 3. The highest BCUT2D eigenvalue weighted by Crippen LogP contribution is 2.60. The number of halogens is 4. The number of ether oxygens (including phenoxy) is 1. The summed E-state index contributed by atoms with van der Waals surface area (Å²) in [5.74, 6) is 0.0216. The van der Waals surface area contributed by atoms with Crippen molar-refractivity contribution in [3.8, 4) is 11.5 Å². The average molecular weight is 421 g/mol. The van der Waals surface area contributed by atoms with Crippen LogP contribution in [0.4, 0.5) is 13.2 Å². The number of para-hydroxylation sites is 1. The van der Waals surface area contributed by atoms with E-state index in [9.17, 15) is 18.0 Å². The summed E-state index contributed by atoms with van der Waals surface area (Å²) in [5.41, 5.74) is 0.191. The van der Waals surface area contributed by atoms with Crippen LogP contribution in [0.1, 0.15) is 19.4 Å². The molecule has 0 bridgehead atoms. The molecule has 2 nitrogen and oxygen atoms in total. The Labute approximate surface area is 172 Å². The first kappa shape index (κ1) is 21.2. The lowest BCUT2D eigenvalue weighted by atomic mass is 10.1. The molecular formula is C23H20ClF3O2. The smallest absolute Gasteiger partial charge is 0.426 e. The lowest BCUT2D eigenvalue weighted by molar-refractivity contribution is -0.116. The van der Waals surface area contributed by atoms with E-state index < -0.39 is 28.5 Å². The summed E-state index contributed by atoms with van der Waals surface area (Å²) in [6.07, 6.45) is -0.598. The van der Waals surface area contributed by atoms with Gasteiger partial charge >= 0.3 is 6.18 Å². The summed E-state index contributed by atoms with van der Waals surface area (Å²) >= 11 is 5.34. The molecule has 1 saturated carbocycles. The first-order chi connectivity index (χ1) is 13.6. The van der Waals surface area contributed by atoms with Crippen LogP contribution in [-0.2, 0) is 4.79 Å². The average Bonchev–Trinajstić information content (AvgIpc) is 3.20. The van der Waals surface area contributed by atoms with E-state index in [-0.39, 0.29) is 5.78 Å². The maximum absolute atomic E-state index is 12.7. The predicted molar refractivity (Wildman–Crippen MR) is 108 cm³/mol. The highest BCUT2D eigenvalue weighted by atomic mass is 35.5. The van der Waals surface area contributed by atoms with Crippen molar-refractivity contribution in [3.63, 3.8) is 0 Å². The number of hydrogen-bond acceptors (Lipinski definition) is 2. The van der Waals surface area contributed by atoms with Gasteiger partial charge in [-0.15, -0.1) is 0 Å². The zero-order chi connectivity index (χ0) is 21.2. The number of hydrogen-bond donors (Lipinski definition) is 0. The van der Waals surface area contributed by atoms with Gasteiger partial charge in [0.05, 0.1) is 0 Å². The Morgan fingerprint density at radius 1 is 1.07 bits per heavy atom. The van der Waals surface area contributed by atoms with Gasteiger partial charge in [-0.05, 0) is 47.2 Å². The Morgan fingerprint density at radius 3 is 2.38 bits per heavy atom. The fourth-order valence-corrected chi connectivity index (χ4v) is 3.51. The van der Waals surface area contributed by atoms with Crippen molar-refractivity contribution in [3.05, 3.63) is 77.3 Å². The van der Waals surface area contributed by atoms with Crippen molar-refractivity contribution in [1.29, 1.82) is 0 Å². The number of ketones is 1. The molecule has 0 amide bonds. The molecule has 0 saturated heterocycles. The lowest BCUT2D eigenvalue weighted by Gasteiger charge is -2.06. The molecule has 0 spiro atoms. The van der Waals surface area contributed by atoms with Crippen LogP contribution in [0.5, 0.6) is 11.5 Å². The second kappa shape index (κ2) is 8.07. The molecule has 0 aliphatic heterocycles. The van der Waals surface area contributed by atoms with Crippen LogP contribution in [-0.4, -0.2) is 12.0 Å². The first-order valence-electron chi connectivity index (χ1n) is 9.08. The van der Waals surface area contributed by atoms with E-state index in [1.165, 1.54) is 6.08 Å². The van der Waals surface area contributed by atoms with Gasteiger partial charge in [0.1, 0.15) is 16.5 Å². The maximum Gasteiger partial charge on any atom is 0.426 e. The number of benzene rings is 2. The molecule has 3 rings (SSSR count). The van der Waals surface area contributed by atoms with Gasteiger partial charge in [-0.25, -0.2) is 0 Å². The minimum Gasteiger partial charge on any atom is -0.457 e. The summed E-state index contributed by atoms with van der Waals surface area (Å²) in [6.45, 7) is 3.53. The molecule has 0 aromatic heterocycles. The topological polar surface area (TPSA) is 26.3 Å². The minimum atomic E-state index is -4.59. The van der Waals surface area contributed by atoms with Crippen LogP contribution in [0.2, 0.25) is 0 Å². The van der Waals surface area contributed by atoms with E-state index in [1.807, 2.05) is 36.4 Å². The van der Waals surface area contributed by atoms with Gasteiger partial charge in [-0.3, -0.25) is 4.79 Å². The fourth-order valence-electron chi connectivity index (χ4n) is 3.37. The molecule has 2 unspecified atom stereocenters. The van der Waals surface area contributed by atoms with Crippen molar-refractivity contribution in [1.82, 2.24) is 0 Å². The number of rotatable bonds is 6. The summed E-state index contributed by atoms with van der Waals surface area (Å²) in [6, 6.07) is 16.5. The zero-order valence-corrected chi connectivity index (χ0v) is 16.7. The maximum atomic E-state index is 12.7. The van der Waals surface area contributed by atoms with E-state index in [0.29, 0.717) is 11.5 Å². The van der Waals surface area contributed by atoms with E-state index in [0.717, 1.165) is 11.6 Å². The van der Waals surface area contributed by atoms with Crippen LogP contribution in [0, 0.1) is 17.3 Å². The summed E-state index contributed by atoms with van der Waals surface area (Å²) < 4.78 is 43.8. The third-order valence-electron chi connectivity index (χ3n) is 5.09. The van der Waals surface area contributed by atoms with Gasteiger partial charge in [0, 0.05) is 5.92 Å². The SMILES string of the molecule is CC1(C)C(C=C(Cl)C(F)(F)F)C1C(=O)C=Cc1cccc(Oc2ccccc2)c1. The molecule has 0 heterocycles. The Morgan fingerprint density at radius 2 is 1.72 bits per heavy atom. The number of carbonyl (C=O) groups excluding carboxylic acids is 1. The second-order valence-corrected chi connectivity index (χ2v) is 7.97. The molecule has 1 aliphatic carbocycles. The molecule has 2 aromatic rings. The van der Waals surface area contributed by atoms with Gasteiger partial charge in [0.15, 0.2) is 5.78 Å². The van der Waals surface area contributed by atoms with Crippen molar-refractivity contribution < 1.29 is 22.7 Å². The largest absolute Gasteiger partial charge is 0.457 e. The van der Waals surface area contributed by atoms with Crippen molar-refractivity contribution >= 4 is 23.5 Å². The highest BCUT2D eigenvalue weighted by molar-refractivity contribution is 6.30. The zero-order valence-electron chi connectivity index (χ0n) is 15.9. The van der Waals surface area contributed by atoms with Gasteiger partial charge in [0.2, 0.25) is 0 Å². The quantitative estimate of drug-likeness (QED) is 0.469. The van der Waals surface area contributed by atoms with Gasteiger partial charge in [-0.2, -0.15) is 13.2 Å². The van der Waals surface area contributed by atoms with Crippen molar-refractivity contribution in [2.24, 2.45) is 17.3 Å². The molecule has 2 atom stereocenters. The van der Waals surface area contributed by atoms with Gasteiger partial charge in [0.25, 0.3) is 0 Å². The van der Waals surface area contributed by atoms with E-state index in [1.54, 1.807) is 38.1 Å². The van der Waals surface area contributed by atoms with Crippen LogP contribution in [0.3, 0.4) is 0 Å². The summed E-state index contributed by atoms with van der Waals surface area (Å²) in [7, 11) is 0. The lowest BCUT2D eigenvalue weighted by Crippen LogP contribution is -2.07. The molecule has 0 N–H and O–H groups in total. The minimum absolute atomic E-state index is 0.225. The molecule has 29 heavy (non-hydrogen) atoms. The molecule has 2 aromatic carbocycles. The van der Waals surface area contributed by atoms with Crippen LogP contribution < -0.4 is 4.74 Å². The van der Waals surface area contributed by atoms with Gasteiger partial charge in [-0.1, -0.05) is 67.9 Å². The van der Waals surface area contributed by atoms with E-state index in [4.69, 9.17) is 16.3 Å². The van der Waals surface area contributed by atoms with Crippen LogP contribution >= 0.6 is 11.6 Å². The Kier molecular flexibility index (Phi) is 5.90. The predicted octanol–water partition coefficient (Wildman–Crippen LogP) is 7.02. The third kappa shape index (κ3) is 5.10. The summed E-state index contributed by atoms with van der Waals surface area (Å²) in [4.78, 5) is 12.5. The third-order valence-corrected chi connectivity index (χ3v) is 5.43. The Bertz CT molecular complexity index is 946. The number of carbonyl (C=O) groups is 1. The first-order valence-corrected chi connectivity index (χ1v) is 9.46. The van der Waals surface area contributed by atoms with Crippen LogP contribution in [0.15, 0.2) is 71.8 Å². The molecular weight excluding hydrogens is 401 g/mol. The normalized spacial score (nSPS) is 21.2. The Hall–Kier alpha value is -2.53. The fraction of sp³-hybridized carbons (Fsp3) is 0.261. The van der Waals surface area contributed by atoms with Crippen molar-refractivity contribution in [2.75, 3.05) is 0 Å². The van der Waals surface area contributed by atoms with E-state index in [2.05, 4.69) is 0 Å². The highest BCUT2D eigenvalue weighted by Gasteiger charge is 2.60. The van der Waals surface area contributed by atoms with Crippen LogP contribution in [0.25, 0.3) is 6.08 Å². The molecule has 0 radical (unpaired) electrons. The monoisotopic (exact) mass is 420 g/mol. The Balaban J connectivity index is 1.69.